The number of aryl methyl sites for hydroxylation is 1. The van der Waals surface area contributed by atoms with Gasteiger partial charge >= 0.3 is 0 Å². The maximum atomic E-state index is 11.8. The normalized spacial score (nSPS) is 13.6. The van der Waals surface area contributed by atoms with Gasteiger partial charge in [0.2, 0.25) is 10.0 Å². The van der Waals surface area contributed by atoms with Crippen LogP contribution in [0.15, 0.2) is 28.5 Å². The average Bonchev–Trinajstić information content (AvgIpc) is 3.27. The third-order valence-corrected chi connectivity index (χ3v) is 8.33. The van der Waals surface area contributed by atoms with Crippen LogP contribution in [0.1, 0.15) is 12.0 Å². The van der Waals surface area contributed by atoms with Gasteiger partial charge in [-0.05, 0) is 53.8 Å². The van der Waals surface area contributed by atoms with Crippen molar-refractivity contribution in [2.45, 2.75) is 29.4 Å². The van der Waals surface area contributed by atoms with Crippen LogP contribution in [0.3, 0.4) is 0 Å². The Morgan fingerprint density at radius 3 is 3.00 bits per heavy atom. The molecule has 2 aromatic heterocycles. The van der Waals surface area contributed by atoms with Crippen LogP contribution in [0, 0.1) is 3.57 Å². The van der Waals surface area contributed by atoms with E-state index in [2.05, 4.69) is 48.3 Å². The number of nitrogens with one attached hydrogen (secondary N) is 1. The summed E-state index contributed by atoms with van der Waals surface area (Å²) in [5.74, 6) is 1.21. The number of ether oxygens (including phenoxy) is 1. The van der Waals surface area contributed by atoms with Crippen molar-refractivity contribution < 1.29 is 13.2 Å². The lowest BCUT2D eigenvalue weighted by molar-refractivity contribution is 0.356. The zero-order valence-corrected chi connectivity index (χ0v) is 19.3. The summed E-state index contributed by atoms with van der Waals surface area (Å²) in [7, 11) is -1.87. The SMILES string of the molecule is CNS(=O)(=O)CCCn1c(Sc2cc3c(cc2I)CCO3)nc2c(N)ncnc21. The highest BCUT2D eigenvalue weighted by Crippen LogP contribution is 2.38. The van der Waals surface area contributed by atoms with Gasteiger partial charge in [-0.25, -0.2) is 28.1 Å². The molecule has 154 valence electrons. The van der Waals surface area contributed by atoms with Crippen molar-refractivity contribution in [1.29, 1.82) is 0 Å². The molecule has 0 saturated carbocycles. The number of rotatable bonds is 7. The molecule has 0 atom stereocenters. The van der Waals surface area contributed by atoms with Crippen molar-refractivity contribution >= 4 is 61.4 Å². The van der Waals surface area contributed by atoms with Gasteiger partial charge in [0, 0.05) is 21.4 Å². The second-order valence-corrected chi connectivity index (χ2v) is 10.7. The molecule has 0 amide bonds. The Hall–Kier alpha value is -1.64. The number of nitrogen functional groups attached to an aromatic ring is 1. The van der Waals surface area contributed by atoms with E-state index in [0.717, 1.165) is 20.6 Å². The van der Waals surface area contributed by atoms with E-state index in [-0.39, 0.29) is 5.75 Å². The molecule has 4 rings (SSSR count). The summed E-state index contributed by atoms with van der Waals surface area (Å²) in [5, 5.41) is 0.685. The number of nitrogens with zero attached hydrogens (tertiary/aromatic N) is 4. The number of fused-ring (bicyclic) bond motifs is 2. The minimum absolute atomic E-state index is 0.0120. The number of hydrogen-bond donors (Lipinski definition) is 2. The van der Waals surface area contributed by atoms with E-state index >= 15 is 0 Å². The van der Waals surface area contributed by atoms with Gasteiger partial charge in [0.1, 0.15) is 12.1 Å². The molecule has 0 saturated heterocycles. The van der Waals surface area contributed by atoms with Crippen molar-refractivity contribution in [1.82, 2.24) is 24.2 Å². The van der Waals surface area contributed by atoms with Gasteiger partial charge in [0.15, 0.2) is 22.1 Å². The highest BCUT2D eigenvalue weighted by molar-refractivity contribution is 14.1. The highest BCUT2D eigenvalue weighted by Gasteiger charge is 2.20. The fourth-order valence-electron chi connectivity index (χ4n) is 3.08. The van der Waals surface area contributed by atoms with Crippen LogP contribution < -0.4 is 15.2 Å². The van der Waals surface area contributed by atoms with E-state index < -0.39 is 10.0 Å². The molecule has 3 aromatic rings. The molecule has 1 aromatic carbocycles. The maximum absolute atomic E-state index is 11.8. The number of halogens is 1. The summed E-state index contributed by atoms with van der Waals surface area (Å²) in [6.07, 6.45) is 2.72. The summed E-state index contributed by atoms with van der Waals surface area (Å²) in [6.45, 7) is 1.14. The standard InChI is InChI=1S/C17H19IN6O3S2/c1-20-29(25,26)6-2-4-24-16-14(15(19)21-9-22-16)23-17(24)28-13-8-12-10(3-5-27-12)7-11(13)18/h7-9,20H,2-6H2,1H3,(H2,19,21,22). The largest absolute Gasteiger partial charge is 0.493 e. The van der Waals surface area contributed by atoms with Crippen molar-refractivity contribution in [2.75, 3.05) is 25.1 Å². The Labute approximate surface area is 186 Å². The Balaban J connectivity index is 1.69. The second-order valence-electron chi connectivity index (χ2n) is 6.44. The van der Waals surface area contributed by atoms with Crippen LogP contribution in [0.4, 0.5) is 5.82 Å². The van der Waals surface area contributed by atoms with Crippen LogP contribution >= 0.6 is 34.4 Å². The molecule has 1 aliphatic heterocycles. The molecule has 0 bridgehead atoms. The molecule has 29 heavy (non-hydrogen) atoms. The molecular formula is C17H19IN6O3S2. The number of sulfonamides is 1. The molecule has 0 unspecified atom stereocenters. The van der Waals surface area contributed by atoms with E-state index in [1.807, 2.05) is 10.6 Å². The number of nitrogens with two attached hydrogens (primary N) is 1. The lowest BCUT2D eigenvalue weighted by atomic mass is 10.2. The average molecular weight is 546 g/mol. The monoisotopic (exact) mass is 546 g/mol. The number of imidazole rings is 1. The molecule has 0 aliphatic carbocycles. The fourth-order valence-corrected chi connectivity index (χ4v) is 5.60. The topological polar surface area (TPSA) is 125 Å². The first-order chi connectivity index (χ1) is 13.9. The van der Waals surface area contributed by atoms with Gasteiger partial charge in [-0.1, -0.05) is 11.8 Å². The summed E-state index contributed by atoms with van der Waals surface area (Å²) in [5.41, 5.74) is 8.30. The minimum atomic E-state index is -3.29. The number of hydrogen-bond acceptors (Lipinski definition) is 8. The Bertz CT molecular complexity index is 1180. The number of aromatic nitrogens is 4. The zero-order valence-electron chi connectivity index (χ0n) is 15.6. The Kier molecular flexibility index (Phi) is 5.86. The predicted molar refractivity (Wildman–Crippen MR) is 120 cm³/mol. The molecule has 0 radical (unpaired) electrons. The molecular weight excluding hydrogens is 527 g/mol. The predicted octanol–water partition coefficient (Wildman–Crippen LogP) is 2.04. The smallest absolute Gasteiger partial charge is 0.211 e. The first-order valence-corrected chi connectivity index (χ1v) is 12.4. The Morgan fingerprint density at radius 2 is 2.21 bits per heavy atom. The highest BCUT2D eigenvalue weighted by atomic mass is 127. The van der Waals surface area contributed by atoms with Crippen LogP contribution in [0.2, 0.25) is 0 Å². The van der Waals surface area contributed by atoms with Gasteiger partial charge in [-0.15, -0.1) is 0 Å². The third-order valence-electron chi connectivity index (χ3n) is 4.58. The van der Waals surface area contributed by atoms with Gasteiger partial charge in [-0.2, -0.15) is 0 Å². The maximum Gasteiger partial charge on any atom is 0.211 e. The van der Waals surface area contributed by atoms with Gasteiger partial charge in [0.25, 0.3) is 0 Å². The van der Waals surface area contributed by atoms with Crippen LogP contribution in [-0.2, 0) is 23.0 Å². The third kappa shape index (κ3) is 4.29. The van der Waals surface area contributed by atoms with Crippen LogP contribution in [0.5, 0.6) is 5.75 Å². The minimum Gasteiger partial charge on any atom is -0.493 e. The van der Waals surface area contributed by atoms with Crippen molar-refractivity contribution in [3.05, 3.63) is 27.6 Å². The molecule has 0 fully saturated rings. The lowest BCUT2D eigenvalue weighted by Crippen LogP contribution is -2.22. The van der Waals surface area contributed by atoms with Crippen LogP contribution in [0.25, 0.3) is 11.2 Å². The summed E-state index contributed by atoms with van der Waals surface area (Å²) in [4.78, 5) is 14.0. The van der Waals surface area contributed by atoms with Crippen molar-refractivity contribution in [3.8, 4) is 5.75 Å². The van der Waals surface area contributed by atoms with E-state index in [1.54, 1.807) is 0 Å². The fraction of sp³-hybridized carbons (Fsp3) is 0.353. The molecule has 3 N–H and O–H groups in total. The number of benzene rings is 1. The summed E-state index contributed by atoms with van der Waals surface area (Å²) in [6, 6.07) is 4.16. The van der Waals surface area contributed by atoms with E-state index in [4.69, 9.17) is 10.5 Å². The Morgan fingerprint density at radius 1 is 1.38 bits per heavy atom. The number of anilines is 1. The lowest BCUT2D eigenvalue weighted by Gasteiger charge is -2.10. The summed E-state index contributed by atoms with van der Waals surface area (Å²) < 4.78 is 34.6. The van der Waals surface area contributed by atoms with Gasteiger partial charge in [0.05, 0.1) is 12.4 Å². The second kappa shape index (κ2) is 8.24. The molecule has 1 aliphatic rings. The van der Waals surface area contributed by atoms with Gasteiger partial charge in [-0.3, -0.25) is 0 Å². The first kappa shape index (κ1) is 20.6. The van der Waals surface area contributed by atoms with Crippen molar-refractivity contribution in [2.24, 2.45) is 0 Å². The van der Waals surface area contributed by atoms with Crippen molar-refractivity contribution in [3.63, 3.8) is 0 Å². The van der Waals surface area contributed by atoms with E-state index in [1.165, 1.54) is 30.7 Å². The molecule has 12 heteroatoms. The van der Waals surface area contributed by atoms with E-state index in [9.17, 15) is 8.42 Å². The zero-order chi connectivity index (χ0) is 20.6. The molecule has 0 spiro atoms. The van der Waals surface area contributed by atoms with E-state index in [0.29, 0.717) is 41.7 Å². The molecule has 9 nitrogen and oxygen atoms in total. The first-order valence-electron chi connectivity index (χ1n) is 8.89. The van der Waals surface area contributed by atoms with Crippen LogP contribution in [-0.4, -0.2) is 47.3 Å². The van der Waals surface area contributed by atoms with Gasteiger partial charge < -0.3 is 15.0 Å². The molecule has 3 heterocycles. The summed E-state index contributed by atoms with van der Waals surface area (Å²) >= 11 is 3.79. The quantitative estimate of drug-likeness (QED) is 0.432.